The number of aliphatic carboxylic acids is 4. The lowest BCUT2D eigenvalue weighted by atomic mass is 10.2. The highest BCUT2D eigenvalue weighted by Crippen LogP contribution is 2.01. The Kier molecular flexibility index (Phi) is 24.7. The summed E-state index contributed by atoms with van der Waals surface area (Å²) >= 11 is 0. The predicted molar refractivity (Wildman–Crippen MR) is 97.2 cm³/mol. The SMILES string of the molecule is CCCCCCC(=O)O.CCCCCCC(=O)O.O=C(O)/C=C/C(=O)O. The molecule has 0 heterocycles. The molecule has 0 amide bonds. The first-order valence-corrected chi connectivity index (χ1v) is 8.74. The third-order valence-electron chi connectivity index (χ3n) is 2.86. The Morgan fingerprint density at radius 1 is 0.577 bits per heavy atom. The molecular formula is C18H32O8. The Morgan fingerprint density at radius 2 is 0.885 bits per heavy atom. The largest absolute Gasteiger partial charge is 0.481 e. The summed E-state index contributed by atoms with van der Waals surface area (Å²) in [6, 6.07) is 0. The van der Waals surface area contributed by atoms with Gasteiger partial charge in [0.15, 0.2) is 0 Å². The zero-order valence-corrected chi connectivity index (χ0v) is 15.6. The van der Waals surface area contributed by atoms with Crippen LogP contribution in [-0.2, 0) is 19.2 Å². The average Bonchev–Trinajstić information content (AvgIpc) is 2.55. The highest BCUT2D eigenvalue weighted by atomic mass is 16.4. The minimum absolute atomic E-state index is 0.333. The molecule has 0 aliphatic carbocycles. The van der Waals surface area contributed by atoms with Crippen molar-refractivity contribution in [2.45, 2.75) is 78.1 Å². The van der Waals surface area contributed by atoms with Gasteiger partial charge in [-0.3, -0.25) is 9.59 Å². The van der Waals surface area contributed by atoms with Gasteiger partial charge in [0.1, 0.15) is 0 Å². The van der Waals surface area contributed by atoms with Crippen LogP contribution in [0.2, 0.25) is 0 Å². The Balaban J connectivity index is -0.000000306. The van der Waals surface area contributed by atoms with Crippen LogP contribution >= 0.6 is 0 Å². The second kappa shape index (κ2) is 22.6. The lowest BCUT2D eigenvalue weighted by molar-refractivity contribution is -0.138. The second-order valence-electron chi connectivity index (χ2n) is 5.42. The van der Waals surface area contributed by atoms with Crippen LogP contribution in [0.5, 0.6) is 0 Å². The molecule has 0 aromatic carbocycles. The molecule has 0 spiro atoms. The van der Waals surface area contributed by atoms with Gasteiger partial charge in [0, 0.05) is 25.0 Å². The molecule has 8 heteroatoms. The van der Waals surface area contributed by atoms with Crippen molar-refractivity contribution in [2.75, 3.05) is 0 Å². The van der Waals surface area contributed by atoms with Crippen molar-refractivity contribution in [1.29, 1.82) is 0 Å². The van der Waals surface area contributed by atoms with E-state index in [1.807, 2.05) is 0 Å². The Labute approximate surface area is 154 Å². The minimum atomic E-state index is -1.26. The van der Waals surface area contributed by atoms with Crippen molar-refractivity contribution in [2.24, 2.45) is 0 Å². The van der Waals surface area contributed by atoms with Crippen molar-refractivity contribution >= 4 is 23.9 Å². The number of carboxylic acids is 4. The molecule has 0 bridgehead atoms. The van der Waals surface area contributed by atoms with Crippen molar-refractivity contribution in [3.63, 3.8) is 0 Å². The van der Waals surface area contributed by atoms with Gasteiger partial charge >= 0.3 is 23.9 Å². The van der Waals surface area contributed by atoms with Crippen molar-refractivity contribution in [3.05, 3.63) is 12.2 Å². The molecule has 0 aliphatic heterocycles. The lowest BCUT2D eigenvalue weighted by Crippen LogP contribution is -1.92. The van der Waals surface area contributed by atoms with Gasteiger partial charge in [-0.05, 0) is 12.8 Å². The standard InChI is InChI=1S/2C7H14O2.C4H4O4/c2*1-2-3-4-5-6-7(8)9;5-3(6)1-2-4(7)8/h2*2-6H2,1H3,(H,8,9);1-2H,(H,5,6)(H,7,8)/b;;2-1+. The molecule has 26 heavy (non-hydrogen) atoms. The van der Waals surface area contributed by atoms with Gasteiger partial charge in [-0.2, -0.15) is 0 Å². The fraction of sp³-hybridized carbons (Fsp3) is 0.667. The maximum Gasteiger partial charge on any atom is 0.328 e. The van der Waals surface area contributed by atoms with Gasteiger partial charge in [-0.15, -0.1) is 0 Å². The summed E-state index contributed by atoms with van der Waals surface area (Å²) in [4.78, 5) is 39.0. The van der Waals surface area contributed by atoms with E-state index in [4.69, 9.17) is 20.4 Å². The first kappa shape index (κ1) is 28.4. The molecule has 0 aromatic rings. The molecule has 0 saturated heterocycles. The van der Waals surface area contributed by atoms with Crippen LogP contribution in [0.1, 0.15) is 78.1 Å². The average molecular weight is 376 g/mol. The number of carboxylic acid groups (broad SMARTS) is 4. The van der Waals surface area contributed by atoms with E-state index in [0.29, 0.717) is 25.0 Å². The molecule has 0 atom stereocenters. The normalized spacial score (nSPS) is 9.46. The van der Waals surface area contributed by atoms with Crippen LogP contribution in [-0.4, -0.2) is 44.3 Å². The van der Waals surface area contributed by atoms with Crippen molar-refractivity contribution in [3.8, 4) is 0 Å². The van der Waals surface area contributed by atoms with Gasteiger partial charge in [0.2, 0.25) is 0 Å². The summed E-state index contributed by atoms with van der Waals surface area (Å²) in [5.74, 6) is -3.86. The maximum atomic E-state index is 9.96. The van der Waals surface area contributed by atoms with Crippen LogP contribution in [0, 0.1) is 0 Å². The Hall–Kier alpha value is -2.38. The van der Waals surface area contributed by atoms with Crippen LogP contribution in [0.15, 0.2) is 12.2 Å². The van der Waals surface area contributed by atoms with Gasteiger partial charge < -0.3 is 20.4 Å². The maximum absolute atomic E-state index is 9.96. The van der Waals surface area contributed by atoms with Crippen LogP contribution in [0.25, 0.3) is 0 Å². The van der Waals surface area contributed by atoms with Crippen LogP contribution in [0.3, 0.4) is 0 Å². The number of hydrogen-bond acceptors (Lipinski definition) is 4. The van der Waals surface area contributed by atoms with Gasteiger partial charge in [0.25, 0.3) is 0 Å². The highest BCUT2D eigenvalue weighted by Gasteiger charge is 1.94. The topological polar surface area (TPSA) is 149 Å². The first-order valence-electron chi connectivity index (χ1n) is 8.74. The molecule has 0 aliphatic rings. The fourth-order valence-electron chi connectivity index (χ4n) is 1.55. The smallest absolute Gasteiger partial charge is 0.328 e. The third kappa shape index (κ3) is 43.0. The van der Waals surface area contributed by atoms with E-state index < -0.39 is 23.9 Å². The van der Waals surface area contributed by atoms with Gasteiger partial charge in [-0.1, -0.05) is 52.4 Å². The zero-order valence-electron chi connectivity index (χ0n) is 15.6. The second-order valence-corrected chi connectivity index (χ2v) is 5.42. The molecule has 0 unspecified atom stereocenters. The predicted octanol–water partition coefficient (Wildman–Crippen LogP) is 3.79. The molecule has 0 fully saturated rings. The summed E-state index contributed by atoms with van der Waals surface area (Å²) in [5.41, 5.74) is 0. The molecule has 0 saturated carbocycles. The van der Waals surface area contributed by atoms with E-state index in [9.17, 15) is 19.2 Å². The Morgan fingerprint density at radius 3 is 1.08 bits per heavy atom. The van der Waals surface area contributed by atoms with Gasteiger partial charge in [-0.25, -0.2) is 9.59 Å². The Bertz CT molecular complexity index is 377. The molecule has 0 rings (SSSR count). The molecule has 8 nitrogen and oxygen atoms in total. The summed E-state index contributed by atoms with van der Waals surface area (Å²) < 4.78 is 0. The quantitative estimate of drug-likeness (QED) is 0.297. The monoisotopic (exact) mass is 376 g/mol. The van der Waals surface area contributed by atoms with E-state index in [0.717, 1.165) is 38.5 Å². The van der Waals surface area contributed by atoms with E-state index >= 15 is 0 Å². The van der Waals surface area contributed by atoms with E-state index in [1.165, 1.54) is 12.8 Å². The number of unbranched alkanes of at least 4 members (excludes halogenated alkanes) is 6. The number of carbonyl (C=O) groups is 4. The first-order chi connectivity index (χ1) is 12.2. The highest BCUT2D eigenvalue weighted by molar-refractivity contribution is 5.89. The summed E-state index contributed by atoms with van der Waals surface area (Å²) in [5, 5.41) is 32.1. The zero-order chi connectivity index (χ0) is 20.8. The summed E-state index contributed by atoms with van der Waals surface area (Å²) in [6.45, 7) is 4.22. The van der Waals surface area contributed by atoms with Crippen LogP contribution < -0.4 is 0 Å². The molecular weight excluding hydrogens is 344 g/mol. The van der Waals surface area contributed by atoms with E-state index in [-0.39, 0.29) is 0 Å². The fourth-order valence-corrected chi connectivity index (χ4v) is 1.55. The van der Waals surface area contributed by atoms with Crippen molar-refractivity contribution in [1.82, 2.24) is 0 Å². The number of rotatable bonds is 12. The molecule has 0 radical (unpaired) electrons. The molecule has 152 valence electrons. The summed E-state index contributed by atoms with van der Waals surface area (Å²) in [7, 11) is 0. The van der Waals surface area contributed by atoms with Crippen LogP contribution in [0.4, 0.5) is 0 Å². The number of hydrogen-bond donors (Lipinski definition) is 4. The van der Waals surface area contributed by atoms with Crippen molar-refractivity contribution < 1.29 is 39.6 Å². The molecule has 4 N–H and O–H groups in total. The van der Waals surface area contributed by atoms with E-state index in [1.54, 1.807) is 0 Å². The lowest BCUT2D eigenvalue weighted by Gasteiger charge is -1.92. The third-order valence-corrected chi connectivity index (χ3v) is 2.86. The minimum Gasteiger partial charge on any atom is -0.481 e. The molecule has 0 aromatic heterocycles. The van der Waals surface area contributed by atoms with Gasteiger partial charge in [0.05, 0.1) is 0 Å². The summed E-state index contributed by atoms with van der Waals surface area (Å²) in [6.07, 6.45) is 10.2. The van der Waals surface area contributed by atoms with E-state index in [2.05, 4.69) is 13.8 Å².